The second kappa shape index (κ2) is 26.0. The van der Waals surface area contributed by atoms with Crippen molar-refractivity contribution in [2.45, 2.75) is 216 Å². The van der Waals surface area contributed by atoms with E-state index in [-0.39, 0.29) is 33.9 Å². The Balaban J connectivity index is 0.000000112. The third-order valence-corrected chi connectivity index (χ3v) is 28.4. The molecule has 0 saturated heterocycles. The number of ketones is 2. The number of Topliss-reactive ketones (excluding diaryl/α,β-unsaturated/α-hetero) is 2. The minimum Gasteiger partial charge on any atom is -0.508 e. The standard InChI is InChI=1S/2C20H28O3.2C20H26O3/c4*1-20-8-7-15-14-4-3-13(21)10-16(14)12(11-23-2)9-17(15)18(20)5-6-19(20)22/h2*3-4,10,12,15,17-19,21-22H,5-9,11H2,1-2H3;2*3-4,10,12,15,17-18,21H,5-9,11H2,1-2H3/t12-,15+,17+,18-,19?,20-;12-,15-,17-,18+,19?,20+;12-,15+,17+,18-,20-;12-,15-,17-,18+,20+/m0101/s1. The van der Waals surface area contributed by atoms with E-state index in [1.807, 2.05) is 48.5 Å². The van der Waals surface area contributed by atoms with Crippen LogP contribution in [0.15, 0.2) is 72.8 Å². The van der Waals surface area contributed by atoms with Crippen molar-refractivity contribution in [3.05, 3.63) is 117 Å². The quantitative estimate of drug-likeness (QED) is 0.0980. The number of fused-ring (bicyclic) bond motifs is 20. The summed E-state index contributed by atoms with van der Waals surface area (Å²) >= 11 is 0. The highest BCUT2D eigenvalue weighted by molar-refractivity contribution is 5.88. The maximum Gasteiger partial charge on any atom is 0.139 e. The molecule has 0 aliphatic heterocycles. The van der Waals surface area contributed by atoms with Crippen molar-refractivity contribution in [1.29, 1.82) is 0 Å². The third kappa shape index (κ3) is 11.3. The van der Waals surface area contributed by atoms with E-state index in [0.717, 1.165) is 128 Å². The van der Waals surface area contributed by atoms with Crippen LogP contribution < -0.4 is 0 Å². The summed E-state index contributed by atoms with van der Waals surface area (Å²) in [5, 5.41) is 60.7. The number of methoxy groups -OCH3 is 4. The van der Waals surface area contributed by atoms with Crippen LogP contribution >= 0.6 is 0 Å². The minimum atomic E-state index is -0.129. The summed E-state index contributed by atoms with van der Waals surface area (Å²) in [5.41, 5.74) is 10.8. The van der Waals surface area contributed by atoms with Crippen LogP contribution in [-0.4, -0.2) is 109 Å². The van der Waals surface area contributed by atoms with Gasteiger partial charge in [0.25, 0.3) is 0 Å². The van der Waals surface area contributed by atoms with Gasteiger partial charge in [0.1, 0.15) is 34.6 Å². The first-order valence-corrected chi connectivity index (χ1v) is 35.9. The third-order valence-electron chi connectivity index (χ3n) is 28.4. The van der Waals surface area contributed by atoms with Gasteiger partial charge < -0.3 is 49.6 Å². The van der Waals surface area contributed by atoms with Crippen LogP contribution in [0.1, 0.15) is 248 Å². The van der Waals surface area contributed by atoms with Gasteiger partial charge in [-0.2, -0.15) is 0 Å². The molecule has 6 N–H and O–H groups in total. The zero-order valence-corrected chi connectivity index (χ0v) is 56.4. The molecule has 12 nitrogen and oxygen atoms in total. The SMILES string of the molecule is COC[C@@H]1C[C@@H]2[C@H](CC[C@]3(C)C(=O)CC[C@@H]23)c2ccc(O)cc21.COC[C@@H]1C[C@@H]2[C@H](CC[C@]3(C)C(O)CC[C@@H]23)c2ccc(O)cc21.COC[C@H]1C[C@@H]2[C@H](CC[C@]3(C)C(=O)CC[C@@H]23)c2ccc(O)cc21.COC[C@H]1C[C@@H]2[C@H](CC[C@]3(C)C(O)CC[C@@H]23)c2ccc(O)cc21. The van der Waals surface area contributed by atoms with Crippen molar-refractivity contribution in [3.8, 4) is 23.0 Å². The normalized spacial score (nSPS) is 40.4. The van der Waals surface area contributed by atoms with E-state index in [0.29, 0.717) is 156 Å². The first-order valence-electron chi connectivity index (χ1n) is 35.9. The molecular weight excluding hydrogens is 1150 g/mol. The topological polar surface area (TPSA) is 192 Å². The number of rotatable bonds is 8. The Hall–Kier alpha value is -4.82. The van der Waals surface area contributed by atoms with E-state index >= 15 is 0 Å². The number of aliphatic hydroxyl groups is 2. The number of carbonyl (C=O) groups is 2. The molecule has 4 aromatic carbocycles. The van der Waals surface area contributed by atoms with E-state index in [9.17, 15) is 40.2 Å². The molecule has 0 heterocycles. The molecule has 2 unspecified atom stereocenters. The van der Waals surface area contributed by atoms with Crippen LogP contribution in [-0.2, 0) is 28.5 Å². The predicted octanol–water partition coefficient (Wildman–Crippen LogP) is 15.6. The molecule has 8 saturated carbocycles. The van der Waals surface area contributed by atoms with Crippen molar-refractivity contribution in [3.63, 3.8) is 0 Å². The second-order valence-electron chi connectivity index (χ2n) is 32.4. The first-order chi connectivity index (χ1) is 44.2. The fourth-order valence-electron chi connectivity index (χ4n) is 23.8. The van der Waals surface area contributed by atoms with Crippen LogP contribution in [0.25, 0.3) is 0 Å². The molecule has 4 aromatic rings. The smallest absolute Gasteiger partial charge is 0.139 e. The summed E-state index contributed by atoms with van der Waals surface area (Å²) in [7, 11) is 7.02. The van der Waals surface area contributed by atoms with Crippen LogP contribution in [0.2, 0.25) is 0 Å². The lowest BCUT2D eigenvalue weighted by Crippen LogP contribution is -2.44. The Kier molecular flexibility index (Phi) is 18.6. The average Bonchev–Trinajstić information content (AvgIpc) is 1.81. The van der Waals surface area contributed by atoms with Crippen LogP contribution in [0.5, 0.6) is 23.0 Å². The number of benzene rings is 4. The van der Waals surface area contributed by atoms with Crippen molar-refractivity contribution in [2.24, 2.45) is 69.0 Å². The molecule has 12 aliphatic rings. The van der Waals surface area contributed by atoms with Gasteiger partial charge in [-0.25, -0.2) is 0 Å². The Morgan fingerprint density at radius 2 is 0.630 bits per heavy atom. The number of aromatic hydroxyl groups is 4. The number of ether oxygens (including phenoxy) is 4. The predicted molar refractivity (Wildman–Crippen MR) is 357 cm³/mol. The van der Waals surface area contributed by atoms with E-state index in [1.54, 1.807) is 28.4 Å². The molecule has 92 heavy (non-hydrogen) atoms. The molecular formula is C80H108O12. The van der Waals surface area contributed by atoms with E-state index in [2.05, 4.69) is 52.0 Å². The summed E-state index contributed by atoms with van der Waals surface area (Å²) in [5.74, 6) is 10.8. The zero-order chi connectivity index (χ0) is 64.8. The van der Waals surface area contributed by atoms with Crippen molar-refractivity contribution in [1.82, 2.24) is 0 Å². The molecule has 0 amide bonds. The number of hydrogen-bond donors (Lipinski definition) is 6. The second-order valence-corrected chi connectivity index (χ2v) is 32.4. The van der Waals surface area contributed by atoms with Gasteiger partial charge in [0.15, 0.2) is 0 Å². The van der Waals surface area contributed by atoms with Gasteiger partial charge in [0.2, 0.25) is 0 Å². The fourth-order valence-corrected chi connectivity index (χ4v) is 23.8. The van der Waals surface area contributed by atoms with Gasteiger partial charge in [-0.15, -0.1) is 0 Å². The number of phenolic OH excluding ortho intramolecular Hbond substituents is 4. The number of hydrogen-bond acceptors (Lipinski definition) is 12. The lowest BCUT2D eigenvalue weighted by Gasteiger charge is -2.51. The van der Waals surface area contributed by atoms with E-state index < -0.39 is 0 Å². The van der Waals surface area contributed by atoms with E-state index in [4.69, 9.17) is 18.9 Å². The fraction of sp³-hybridized carbons (Fsp3) is 0.675. The van der Waals surface area contributed by atoms with Gasteiger partial charge >= 0.3 is 0 Å². The molecule has 16 rings (SSSR count). The average molecular weight is 1260 g/mol. The number of phenols is 4. The van der Waals surface area contributed by atoms with Crippen LogP contribution in [0.3, 0.4) is 0 Å². The molecule has 22 atom stereocenters. The first kappa shape index (κ1) is 65.8. The monoisotopic (exact) mass is 1260 g/mol. The largest absolute Gasteiger partial charge is 0.508 e. The van der Waals surface area contributed by atoms with Gasteiger partial charge in [-0.3, -0.25) is 9.59 Å². The Morgan fingerprint density at radius 1 is 0.359 bits per heavy atom. The maximum absolute atomic E-state index is 12.4. The summed E-state index contributed by atoms with van der Waals surface area (Å²) in [6.45, 7) is 11.8. The maximum atomic E-state index is 12.4. The highest BCUT2D eigenvalue weighted by Gasteiger charge is 2.60. The van der Waals surface area contributed by atoms with Gasteiger partial charge in [0.05, 0.1) is 38.6 Å². The van der Waals surface area contributed by atoms with Gasteiger partial charge in [0, 0.05) is 75.8 Å². The molecule has 0 aromatic heterocycles. The number of aliphatic hydroxyl groups excluding tert-OH is 2. The summed E-state index contributed by atoms with van der Waals surface area (Å²) in [6.07, 6.45) is 20.9. The molecule has 500 valence electrons. The molecule has 0 spiro atoms. The lowest BCUT2D eigenvalue weighted by atomic mass is 9.54. The van der Waals surface area contributed by atoms with Crippen molar-refractivity contribution < 1.29 is 59.2 Å². The molecule has 0 radical (unpaired) electrons. The van der Waals surface area contributed by atoms with Crippen molar-refractivity contribution in [2.75, 3.05) is 54.9 Å². The molecule has 0 bridgehead atoms. The van der Waals surface area contributed by atoms with Crippen LogP contribution in [0.4, 0.5) is 0 Å². The Morgan fingerprint density at radius 3 is 0.913 bits per heavy atom. The summed E-state index contributed by atoms with van der Waals surface area (Å²) in [4.78, 5) is 24.9. The Bertz CT molecular complexity index is 3120. The Labute approximate surface area is 548 Å². The summed E-state index contributed by atoms with van der Waals surface area (Å²) in [6, 6.07) is 23.6. The van der Waals surface area contributed by atoms with Crippen LogP contribution in [0, 0.1) is 69.0 Å². The highest BCUT2D eigenvalue weighted by atomic mass is 16.5. The van der Waals surface area contributed by atoms with Gasteiger partial charge in [-0.05, 0) is 290 Å². The molecule has 12 aliphatic carbocycles. The van der Waals surface area contributed by atoms with Gasteiger partial charge in [-0.1, -0.05) is 52.0 Å². The lowest BCUT2D eigenvalue weighted by molar-refractivity contribution is -0.130. The zero-order valence-electron chi connectivity index (χ0n) is 56.4. The summed E-state index contributed by atoms with van der Waals surface area (Å²) < 4.78 is 21.9. The van der Waals surface area contributed by atoms with Crippen molar-refractivity contribution >= 4 is 11.6 Å². The van der Waals surface area contributed by atoms with E-state index in [1.165, 1.54) is 44.5 Å². The number of carbonyl (C=O) groups excluding carboxylic acids is 2. The highest BCUT2D eigenvalue weighted by Crippen LogP contribution is 2.67. The minimum absolute atomic E-state index is 0.0901. The molecule has 12 heteroatoms. The molecule has 8 fully saturated rings.